The molecular formula is C24H30N2O4S. The second kappa shape index (κ2) is 9.51. The third-order valence-electron chi connectivity index (χ3n) is 6.24. The maximum absolute atomic E-state index is 13.4. The molecule has 0 radical (unpaired) electrons. The van der Waals surface area contributed by atoms with E-state index < -0.39 is 15.3 Å². The molecule has 7 heteroatoms. The van der Waals surface area contributed by atoms with Crippen LogP contribution in [0.4, 0.5) is 0 Å². The summed E-state index contributed by atoms with van der Waals surface area (Å²) in [6.07, 6.45) is 2.31. The standard InChI is InChI=1S/C24H30N2O4S/c1-19-8-13-23(21-6-3-2-4-7-21)31(28,29)26(19)18-20-9-11-22(12-10-20)24(27)25-14-5-16-30-17-15-25/h2-4,6-7,9-12,19,23H,5,8,13-18H2,1H3/t19-,23?/m0/s1. The van der Waals surface area contributed by atoms with Gasteiger partial charge in [0.25, 0.3) is 5.91 Å². The van der Waals surface area contributed by atoms with Crippen molar-refractivity contribution in [1.29, 1.82) is 0 Å². The van der Waals surface area contributed by atoms with Gasteiger partial charge in [-0.15, -0.1) is 0 Å². The SMILES string of the molecule is C[C@H]1CCC(c2ccccc2)S(=O)(=O)N1Cc1ccc(C(=O)N2CCCOCC2)cc1. The summed E-state index contributed by atoms with van der Waals surface area (Å²) in [5, 5.41) is -0.504. The third kappa shape index (κ3) is 4.84. The number of nitrogens with zero attached hydrogens (tertiary/aromatic N) is 2. The molecule has 0 spiro atoms. The lowest BCUT2D eigenvalue weighted by atomic mass is 10.0. The zero-order valence-corrected chi connectivity index (χ0v) is 18.8. The minimum absolute atomic E-state index is 0.000142. The van der Waals surface area contributed by atoms with Gasteiger partial charge in [-0.2, -0.15) is 4.31 Å². The van der Waals surface area contributed by atoms with E-state index in [0.29, 0.717) is 44.8 Å². The van der Waals surface area contributed by atoms with E-state index in [1.807, 2.05) is 54.3 Å². The molecule has 4 rings (SSSR count). The summed E-state index contributed by atoms with van der Waals surface area (Å²) in [5.41, 5.74) is 2.36. The molecule has 0 N–H and O–H groups in total. The first-order valence-electron chi connectivity index (χ1n) is 11.0. The molecule has 0 saturated carbocycles. The Morgan fingerprint density at radius 1 is 1.00 bits per heavy atom. The van der Waals surface area contributed by atoms with Gasteiger partial charge in [-0.1, -0.05) is 42.5 Å². The topological polar surface area (TPSA) is 66.9 Å². The first-order valence-corrected chi connectivity index (χ1v) is 12.5. The molecular weight excluding hydrogens is 412 g/mol. The van der Waals surface area contributed by atoms with Crippen LogP contribution in [0, 0.1) is 0 Å². The second-order valence-electron chi connectivity index (χ2n) is 8.37. The highest BCUT2D eigenvalue weighted by Crippen LogP contribution is 2.38. The molecule has 2 heterocycles. The van der Waals surface area contributed by atoms with Gasteiger partial charge in [-0.25, -0.2) is 8.42 Å². The van der Waals surface area contributed by atoms with Crippen LogP contribution < -0.4 is 0 Å². The minimum Gasteiger partial charge on any atom is -0.380 e. The minimum atomic E-state index is -3.47. The highest BCUT2D eigenvalue weighted by Gasteiger charge is 2.40. The predicted molar refractivity (Wildman–Crippen MR) is 120 cm³/mol. The number of amides is 1. The number of hydrogen-bond donors (Lipinski definition) is 0. The monoisotopic (exact) mass is 442 g/mol. The van der Waals surface area contributed by atoms with Crippen LogP contribution in [0.2, 0.25) is 0 Å². The van der Waals surface area contributed by atoms with Crippen LogP contribution in [0.3, 0.4) is 0 Å². The number of sulfonamides is 1. The van der Waals surface area contributed by atoms with Crippen LogP contribution >= 0.6 is 0 Å². The lowest BCUT2D eigenvalue weighted by molar-refractivity contribution is 0.0741. The molecule has 166 valence electrons. The number of carbonyl (C=O) groups is 1. The largest absolute Gasteiger partial charge is 0.380 e. The van der Waals surface area contributed by atoms with Crippen molar-refractivity contribution in [2.75, 3.05) is 26.3 Å². The molecule has 0 aliphatic carbocycles. The summed E-state index contributed by atoms with van der Waals surface area (Å²) in [6, 6.07) is 16.8. The second-order valence-corrected chi connectivity index (χ2v) is 10.4. The molecule has 2 aromatic carbocycles. The lowest BCUT2D eigenvalue weighted by Crippen LogP contribution is -2.44. The number of benzene rings is 2. The molecule has 2 aliphatic heterocycles. The van der Waals surface area contributed by atoms with Gasteiger partial charge in [0.05, 0.1) is 6.61 Å². The normalized spacial score (nSPS) is 24.5. The van der Waals surface area contributed by atoms with E-state index in [-0.39, 0.29) is 11.9 Å². The molecule has 2 aliphatic rings. The van der Waals surface area contributed by atoms with Crippen LogP contribution in [0.25, 0.3) is 0 Å². The highest BCUT2D eigenvalue weighted by atomic mass is 32.2. The molecule has 1 amide bonds. The van der Waals surface area contributed by atoms with Crippen molar-refractivity contribution in [2.45, 2.75) is 44.0 Å². The highest BCUT2D eigenvalue weighted by molar-refractivity contribution is 7.89. The fourth-order valence-electron chi connectivity index (χ4n) is 4.42. The van der Waals surface area contributed by atoms with E-state index >= 15 is 0 Å². The quantitative estimate of drug-likeness (QED) is 0.726. The Morgan fingerprint density at radius 2 is 1.74 bits per heavy atom. The van der Waals surface area contributed by atoms with Crippen molar-refractivity contribution >= 4 is 15.9 Å². The molecule has 2 aromatic rings. The zero-order chi connectivity index (χ0) is 21.8. The van der Waals surface area contributed by atoms with Gasteiger partial charge in [-0.05, 0) is 49.4 Å². The first kappa shape index (κ1) is 22.0. The van der Waals surface area contributed by atoms with Crippen LogP contribution in [-0.4, -0.2) is 55.9 Å². The van der Waals surface area contributed by atoms with Crippen molar-refractivity contribution in [1.82, 2.24) is 9.21 Å². The molecule has 0 aromatic heterocycles. The molecule has 2 fully saturated rings. The van der Waals surface area contributed by atoms with Crippen molar-refractivity contribution in [3.8, 4) is 0 Å². The van der Waals surface area contributed by atoms with Gasteiger partial charge in [0.2, 0.25) is 10.0 Å². The molecule has 1 unspecified atom stereocenters. The summed E-state index contributed by atoms with van der Waals surface area (Å²) in [4.78, 5) is 14.6. The van der Waals surface area contributed by atoms with E-state index in [4.69, 9.17) is 4.74 Å². The smallest absolute Gasteiger partial charge is 0.253 e. The Bertz CT molecular complexity index is 984. The van der Waals surface area contributed by atoms with Gasteiger partial charge in [-0.3, -0.25) is 4.79 Å². The van der Waals surface area contributed by atoms with Gasteiger partial charge in [0, 0.05) is 37.8 Å². The lowest BCUT2D eigenvalue weighted by Gasteiger charge is -2.37. The Morgan fingerprint density at radius 3 is 2.48 bits per heavy atom. The van der Waals surface area contributed by atoms with Crippen LogP contribution in [0.15, 0.2) is 54.6 Å². The summed E-state index contributed by atoms with van der Waals surface area (Å²) < 4.78 is 33.8. The van der Waals surface area contributed by atoms with Crippen LogP contribution in [0.1, 0.15) is 52.9 Å². The average molecular weight is 443 g/mol. The zero-order valence-electron chi connectivity index (χ0n) is 17.9. The van der Waals surface area contributed by atoms with Gasteiger partial charge >= 0.3 is 0 Å². The fourth-order valence-corrected chi connectivity index (χ4v) is 6.61. The van der Waals surface area contributed by atoms with Crippen molar-refractivity contribution in [3.63, 3.8) is 0 Å². The maximum atomic E-state index is 13.4. The Labute approximate surface area is 184 Å². The molecule has 6 nitrogen and oxygen atoms in total. The molecule has 2 saturated heterocycles. The van der Waals surface area contributed by atoms with E-state index in [1.165, 1.54) is 0 Å². The summed E-state index contributed by atoms with van der Waals surface area (Å²) in [6.45, 7) is 4.85. The molecule has 0 bridgehead atoms. The Balaban J connectivity index is 1.49. The third-order valence-corrected chi connectivity index (χ3v) is 8.61. The predicted octanol–water partition coefficient (Wildman–Crippen LogP) is 3.60. The number of ether oxygens (including phenoxy) is 1. The van der Waals surface area contributed by atoms with Crippen molar-refractivity contribution in [2.24, 2.45) is 0 Å². The molecule has 31 heavy (non-hydrogen) atoms. The number of hydrogen-bond acceptors (Lipinski definition) is 4. The molecule has 2 atom stereocenters. The van der Waals surface area contributed by atoms with Crippen molar-refractivity contribution < 1.29 is 17.9 Å². The number of carbonyl (C=O) groups excluding carboxylic acids is 1. The fraction of sp³-hybridized carbons (Fsp3) is 0.458. The van der Waals surface area contributed by atoms with E-state index in [1.54, 1.807) is 16.4 Å². The van der Waals surface area contributed by atoms with E-state index in [2.05, 4.69) is 0 Å². The van der Waals surface area contributed by atoms with Crippen LogP contribution in [-0.2, 0) is 21.3 Å². The van der Waals surface area contributed by atoms with Gasteiger partial charge in [0.15, 0.2) is 0 Å². The number of rotatable bonds is 4. The van der Waals surface area contributed by atoms with Crippen molar-refractivity contribution in [3.05, 3.63) is 71.3 Å². The van der Waals surface area contributed by atoms with E-state index in [9.17, 15) is 13.2 Å². The van der Waals surface area contributed by atoms with E-state index in [0.717, 1.165) is 24.0 Å². The summed E-state index contributed by atoms with van der Waals surface area (Å²) >= 11 is 0. The Hall–Kier alpha value is -2.22. The first-order chi connectivity index (χ1) is 15.0. The van der Waals surface area contributed by atoms with Crippen LogP contribution in [0.5, 0.6) is 0 Å². The Kier molecular flexibility index (Phi) is 6.74. The average Bonchev–Trinajstić information content (AvgIpc) is 3.07. The van der Waals surface area contributed by atoms with Gasteiger partial charge in [0.1, 0.15) is 5.25 Å². The summed E-state index contributed by atoms with van der Waals surface area (Å²) in [5.74, 6) is 0.000142. The summed E-state index contributed by atoms with van der Waals surface area (Å²) in [7, 11) is -3.47. The van der Waals surface area contributed by atoms with Gasteiger partial charge < -0.3 is 9.64 Å². The maximum Gasteiger partial charge on any atom is 0.253 e.